The van der Waals surface area contributed by atoms with Crippen molar-refractivity contribution >= 4 is 16.9 Å². The number of rotatable bonds is 8. The Morgan fingerprint density at radius 2 is 2.04 bits per heavy atom. The van der Waals surface area contributed by atoms with Gasteiger partial charge in [-0.2, -0.15) is 0 Å². The van der Waals surface area contributed by atoms with Crippen molar-refractivity contribution in [1.29, 1.82) is 0 Å². The van der Waals surface area contributed by atoms with Gasteiger partial charge in [0.05, 0.1) is 6.61 Å². The molecule has 0 saturated heterocycles. The van der Waals surface area contributed by atoms with E-state index in [-0.39, 0.29) is 5.97 Å². The first kappa shape index (κ1) is 18.3. The van der Waals surface area contributed by atoms with E-state index >= 15 is 0 Å². The van der Waals surface area contributed by atoms with Gasteiger partial charge in [0.25, 0.3) is 0 Å². The maximum atomic E-state index is 12.2. The van der Waals surface area contributed by atoms with Gasteiger partial charge >= 0.3 is 5.97 Å². The number of hydrogen-bond acceptors (Lipinski definition) is 4. The quantitative estimate of drug-likeness (QED) is 0.595. The molecule has 0 aliphatic heterocycles. The monoisotopic (exact) mass is 332 g/mol. The van der Waals surface area contributed by atoms with E-state index in [0.29, 0.717) is 19.3 Å². The average Bonchev–Trinajstić information content (AvgIpc) is 2.95. The summed E-state index contributed by atoms with van der Waals surface area (Å²) < 4.78 is 12.9. The molecule has 132 valence electrons. The topological polar surface area (TPSA) is 52.5 Å². The number of esters is 1. The van der Waals surface area contributed by atoms with Gasteiger partial charge in [0.15, 0.2) is 0 Å². The molecule has 0 aliphatic rings. The smallest absolute Gasteiger partial charge is 0.331 e. The van der Waals surface area contributed by atoms with Crippen molar-refractivity contribution in [2.45, 2.75) is 46.2 Å². The van der Waals surface area contributed by atoms with E-state index in [4.69, 9.17) is 9.47 Å². The SMILES string of the molecule is CCOC(=O)C(C)(C)n1ccc2cc(OCCNC(C)C)ccc21. The molecule has 1 heterocycles. The Morgan fingerprint density at radius 3 is 2.71 bits per heavy atom. The molecule has 0 atom stereocenters. The highest BCUT2D eigenvalue weighted by atomic mass is 16.5. The standard InChI is InChI=1S/C19H28N2O3/c1-6-23-18(22)19(4,5)21-11-9-15-13-16(7-8-17(15)21)24-12-10-20-14(2)3/h7-9,11,13-14,20H,6,10,12H2,1-5H3. The van der Waals surface area contributed by atoms with Crippen LogP contribution in [0, 0.1) is 0 Å². The highest BCUT2D eigenvalue weighted by Gasteiger charge is 2.31. The summed E-state index contributed by atoms with van der Waals surface area (Å²) in [7, 11) is 0. The molecule has 0 spiro atoms. The molecule has 24 heavy (non-hydrogen) atoms. The molecule has 2 aromatic rings. The Hall–Kier alpha value is -2.01. The molecule has 0 amide bonds. The second-order valence-corrected chi connectivity index (χ2v) is 6.64. The van der Waals surface area contributed by atoms with Gasteiger partial charge < -0.3 is 19.4 Å². The fraction of sp³-hybridized carbons (Fsp3) is 0.526. The Balaban J connectivity index is 2.14. The van der Waals surface area contributed by atoms with Crippen molar-refractivity contribution in [1.82, 2.24) is 9.88 Å². The van der Waals surface area contributed by atoms with E-state index in [2.05, 4.69) is 19.2 Å². The molecular formula is C19H28N2O3. The molecule has 0 bridgehead atoms. The van der Waals surface area contributed by atoms with Crippen LogP contribution in [0.2, 0.25) is 0 Å². The van der Waals surface area contributed by atoms with Gasteiger partial charge in [-0.3, -0.25) is 0 Å². The van der Waals surface area contributed by atoms with Crippen LogP contribution in [-0.2, 0) is 15.1 Å². The van der Waals surface area contributed by atoms with Crippen molar-refractivity contribution in [2.75, 3.05) is 19.8 Å². The summed E-state index contributed by atoms with van der Waals surface area (Å²) >= 11 is 0. The van der Waals surface area contributed by atoms with E-state index < -0.39 is 5.54 Å². The summed E-state index contributed by atoms with van der Waals surface area (Å²) in [5.41, 5.74) is 0.238. The largest absolute Gasteiger partial charge is 0.492 e. The van der Waals surface area contributed by atoms with E-state index in [1.165, 1.54) is 0 Å². The van der Waals surface area contributed by atoms with Crippen LogP contribution in [0.15, 0.2) is 30.5 Å². The minimum Gasteiger partial charge on any atom is -0.492 e. The number of ether oxygens (including phenoxy) is 2. The first-order valence-electron chi connectivity index (χ1n) is 8.51. The molecule has 5 heteroatoms. The van der Waals surface area contributed by atoms with E-state index in [1.54, 1.807) is 0 Å². The molecule has 1 aromatic carbocycles. The maximum Gasteiger partial charge on any atom is 0.331 e. The Bertz CT molecular complexity index is 689. The zero-order chi connectivity index (χ0) is 17.7. The number of hydrogen-bond donors (Lipinski definition) is 1. The summed E-state index contributed by atoms with van der Waals surface area (Å²) in [6.45, 7) is 11.6. The minimum atomic E-state index is -0.749. The van der Waals surface area contributed by atoms with E-state index in [1.807, 2.05) is 55.8 Å². The lowest BCUT2D eigenvalue weighted by Crippen LogP contribution is -2.36. The first-order valence-corrected chi connectivity index (χ1v) is 8.51. The normalized spacial score (nSPS) is 11.9. The van der Waals surface area contributed by atoms with Crippen molar-refractivity contribution < 1.29 is 14.3 Å². The molecule has 5 nitrogen and oxygen atoms in total. The molecule has 0 unspecified atom stereocenters. The van der Waals surface area contributed by atoms with Crippen LogP contribution in [0.25, 0.3) is 10.9 Å². The predicted octanol–water partition coefficient (Wildman–Crippen LogP) is 3.32. The van der Waals surface area contributed by atoms with Crippen LogP contribution < -0.4 is 10.1 Å². The predicted molar refractivity (Wildman–Crippen MR) is 96.5 cm³/mol. The highest BCUT2D eigenvalue weighted by Crippen LogP contribution is 2.28. The maximum absolute atomic E-state index is 12.2. The van der Waals surface area contributed by atoms with Crippen LogP contribution in [0.5, 0.6) is 5.75 Å². The second kappa shape index (κ2) is 7.71. The number of fused-ring (bicyclic) bond motifs is 1. The lowest BCUT2D eigenvalue weighted by molar-refractivity contribution is -0.151. The summed E-state index contributed by atoms with van der Waals surface area (Å²) in [4.78, 5) is 12.2. The van der Waals surface area contributed by atoms with Crippen molar-refractivity contribution in [3.05, 3.63) is 30.5 Å². The summed E-state index contributed by atoms with van der Waals surface area (Å²) in [6.07, 6.45) is 1.92. The molecule has 1 aromatic heterocycles. The average molecular weight is 332 g/mol. The van der Waals surface area contributed by atoms with Crippen LogP contribution >= 0.6 is 0 Å². The zero-order valence-electron chi connectivity index (χ0n) is 15.3. The van der Waals surface area contributed by atoms with E-state index in [9.17, 15) is 4.79 Å². The third-order valence-electron chi connectivity index (χ3n) is 3.96. The number of carbonyl (C=O) groups is 1. The van der Waals surface area contributed by atoms with Crippen LogP contribution in [0.4, 0.5) is 0 Å². The molecule has 0 fully saturated rings. The lowest BCUT2D eigenvalue weighted by Gasteiger charge is -2.25. The molecule has 2 rings (SSSR count). The Kier molecular flexibility index (Phi) is 5.89. The highest BCUT2D eigenvalue weighted by molar-refractivity contribution is 5.86. The second-order valence-electron chi connectivity index (χ2n) is 6.64. The van der Waals surface area contributed by atoms with Gasteiger partial charge in [0.1, 0.15) is 17.9 Å². The molecular weight excluding hydrogens is 304 g/mol. The molecule has 0 radical (unpaired) electrons. The van der Waals surface area contributed by atoms with Crippen LogP contribution in [0.3, 0.4) is 0 Å². The van der Waals surface area contributed by atoms with Gasteiger partial charge in [-0.1, -0.05) is 13.8 Å². The molecule has 0 saturated carbocycles. The Labute approximate surface area is 143 Å². The number of nitrogens with zero attached hydrogens (tertiary/aromatic N) is 1. The van der Waals surface area contributed by atoms with E-state index in [0.717, 1.165) is 23.2 Å². The first-order chi connectivity index (χ1) is 11.4. The van der Waals surface area contributed by atoms with Crippen LogP contribution in [-0.4, -0.2) is 36.3 Å². The third-order valence-corrected chi connectivity index (χ3v) is 3.96. The summed E-state index contributed by atoms with van der Waals surface area (Å²) in [5.74, 6) is 0.599. The fourth-order valence-electron chi connectivity index (χ4n) is 2.62. The third kappa shape index (κ3) is 4.09. The zero-order valence-corrected chi connectivity index (χ0v) is 15.3. The number of aromatic nitrogens is 1. The Morgan fingerprint density at radius 1 is 1.29 bits per heavy atom. The lowest BCUT2D eigenvalue weighted by atomic mass is 10.1. The molecule has 0 aliphatic carbocycles. The summed E-state index contributed by atoms with van der Waals surface area (Å²) in [5, 5.41) is 4.36. The number of nitrogens with one attached hydrogen (secondary N) is 1. The number of benzene rings is 1. The minimum absolute atomic E-state index is 0.234. The van der Waals surface area contributed by atoms with Gasteiger partial charge in [-0.25, -0.2) is 4.79 Å². The fourth-order valence-corrected chi connectivity index (χ4v) is 2.62. The van der Waals surface area contributed by atoms with Crippen molar-refractivity contribution in [3.63, 3.8) is 0 Å². The van der Waals surface area contributed by atoms with Gasteiger partial charge in [0, 0.05) is 29.7 Å². The van der Waals surface area contributed by atoms with Gasteiger partial charge in [-0.15, -0.1) is 0 Å². The van der Waals surface area contributed by atoms with Crippen LogP contribution in [0.1, 0.15) is 34.6 Å². The van der Waals surface area contributed by atoms with Gasteiger partial charge in [-0.05, 0) is 45.0 Å². The van der Waals surface area contributed by atoms with Crippen molar-refractivity contribution in [3.8, 4) is 5.75 Å². The van der Waals surface area contributed by atoms with Crippen molar-refractivity contribution in [2.24, 2.45) is 0 Å². The number of carbonyl (C=O) groups excluding carboxylic acids is 1. The molecule has 1 N–H and O–H groups in total. The van der Waals surface area contributed by atoms with Gasteiger partial charge in [0.2, 0.25) is 0 Å². The summed E-state index contributed by atoms with van der Waals surface area (Å²) in [6, 6.07) is 8.38.